The Morgan fingerprint density at radius 3 is 3.00 bits per heavy atom. The smallest absolute Gasteiger partial charge is 0.408 e. The van der Waals surface area contributed by atoms with Crippen LogP contribution < -0.4 is 5.76 Å². The summed E-state index contributed by atoms with van der Waals surface area (Å²) in [5.41, 5.74) is 1.71. The van der Waals surface area contributed by atoms with E-state index in [4.69, 9.17) is 4.42 Å². The minimum absolute atomic E-state index is 0.254. The third kappa shape index (κ3) is 1.79. The average Bonchev–Trinajstić information content (AvgIpc) is 2.66. The predicted octanol–water partition coefficient (Wildman–Crippen LogP) is 2.18. The lowest BCUT2D eigenvalue weighted by Gasteiger charge is -2.01. The molecule has 0 saturated carbocycles. The molecule has 0 bridgehead atoms. The molecule has 0 aliphatic heterocycles. The van der Waals surface area contributed by atoms with E-state index in [9.17, 15) is 9.18 Å². The Hall–Kier alpha value is -2.43. The molecule has 0 aliphatic carbocycles. The number of nitrogens with zero attached hydrogens (tertiary/aromatic N) is 2. The molecular weight excluding hydrogens is 235 g/mol. The van der Waals surface area contributed by atoms with Crippen LogP contribution in [0.25, 0.3) is 11.1 Å². The fraction of sp³-hybridized carbons (Fsp3) is 0.0769. The Morgan fingerprint density at radius 2 is 2.22 bits per heavy atom. The van der Waals surface area contributed by atoms with Crippen LogP contribution in [0.15, 0.2) is 51.9 Å². The molecule has 0 aliphatic rings. The fourth-order valence-electron chi connectivity index (χ4n) is 1.86. The van der Waals surface area contributed by atoms with Crippen molar-refractivity contribution >= 4 is 11.1 Å². The van der Waals surface area contributed by atoms with Gasteiger partial charge in [-0.3, -0.25) is 9.55 Å². The van der Waals surface area contributed by atoms with Crippen LogP contribution in [0.4, 0.5) is 4.39 Å². The number of fused-ring (bicyclic) bond motifs is 1. The summed E-state index contributed by atoms with van der Waals surface area (Å²) in [6.07, 6.45) is 3.34. The van der Waals surface area contributed by atoms with Crippen LogP contribution in [0, 0.1) is 5.82 Å². The van der Waals surface area contributed by atoms with Crippen LogP contribution >= 0.6 is 0 Å². The van der Waals surface area contributed by atoms with Crippen molar-refractivity contribution < 1.29 is 8.81 Å². The van der Waals surface area contributed by atoms with Gasteiger partial charge in [0.05, 0.1) is 12.1 Å². The molecule has 5 heteroatoms. The van der Waals surface area contributed by atoms with E-state index in [1.807, 2.05) is 6.07 Å². The lowest BCUT2D eigenvalue weighted by molar-refractivity contribution is 0.515. The first-order valence-electron chi connectivity index (χ1n) is 5.42. The van der Waals surface area contributed by atoms with Crippen molar-refractivity contribution in [3.8, 4) is 0 Å². The van der Waals surface area contributed by atoms with Gasteiger partial charge in [0.25, 0.3) is 0 Å². The minimum atomic E-state index is -0.501. The minimum Gasteiger partial charge on any atom is -0.408 e. The summed E-state index contributed by atoms with van der Waals surface area (Å²) < 4.78 is 19.5. The van der Waals surface area contributed by atoms with E-state index in [1.54, 1.807) is 18.5 Å². The third-order valence-corrected chi connectivity index (χ3v) is 2.69. The molecule has 0 spiro atoms. The number of rotatable bonds is 2. The molecule has 0 unspecified atom stereocenters. The second-order valence-electron chi connectivity index (χ2n) is 3.93. The summed E-state index contributed by atoms with van der Waals surface area (Å²) >= 11 is 0. The molecule has 0 saturated heterocycles. The quantitative estimate of drug-likeness (QED) is 0.694. The van der Waals surface area contributed by atoms with Gasteiger partial charge in [0.1, 0.15) is 5.82 Å². The number of oxazole rings is 1. The molecule has 0 atom stereocenters. The molecule has 90 valence electrons. The zero-order valence-corrected chi connectivity index (χ0v) is 9.34. The van der Waals surface area contributed by atoms with Gasteiger partial charge in [0, 0.05) is 18.5 Å². The highest BCUT2D eigenvalue weighted by atomic mass is 19.1. The van der Waals surface area contributed by atoms with E-state index in [0.29, 0.717) is 12.1 Å². The van der Waals surface area contributed by atoms with Gasteiger partial charge in [-0.2, -0.15) is 0 Å². The summed E-state index contributed by atoms with van der Waals surface area (Å²) in [7, 11) is 0. The van der Waals surface area contributed by atoms with Gasteiger partial charge < -0.3 is 4.42 Å². The number of hydrogen-bond acceptors (Lipinski definition) is 3. The Kier molecular flexibility index (Phi) is 2.44. The molecule has 1 aromatic carbocycles. The molecular formula is C13H9FN2O2. The molecule has 0 fully saturated rings. The predicted molar refractivity (Wildman–Crippen MR) is 63.8 cm³/mol. The SMILES string of the molecule is O=c1oc2cc(F)ccc2n1Cc1cccnc1. The molecule has 3 aromatic rings. The molecule has 2 aromatic heterocycles. The standard InChI is InChI=1S/C13H9FN2O2/c14-10-3-4-11-12(6-10)18-13(17)16(11)8-9-2-1-5-15-7-9/h1-7H,8H2. The van der Waals surface area contributed by atoms with Gasteiger partial charge in [-0.1, -0.05) is 6.07 Å². The molecule has 0 amide bonds. The van der Waals surface area contributed by atoms with Crippen LogP contribution in [0.5, 0.6) is 0 Å². The highest BCUT2D eigenvalue weighted by Crippen LogP contribution is 2.15. The molecule has 18 heavy (non-hydrogen) atoms. The molecule has 0 N–H and O–H groups in total. The van der Waals surface area contributed by atoms with E-state index in [1.165, 1.54) is 22.8 Å². The molecule has 0 radical (unpaired) electrons. The molecule has 2 heterocycles. The summed E-state index contributed by atoms with van der Waals surface area (Å²) in [6, 6.07) is 7.70. The van der Waals surface area contributed by atoms with Crippen LogP contribution in [0.1, 0.15) is 5.56 Å². The average molecular weight is 244 g/mol. The zero-order valence-electron chi connectivity index (χ0n) is 9.34. The van der Waals surface area contributed by atoms with Crippen molar-refractivity contribution in [1.29, 1.82) is 0 Å². The van der Waals surface area contributed by atoms with Gasteiger partial charge in [-0.25, -0.2) is 9.18 Å². The highest BCUT2D eigenvalue weighted by Gasteiger charge is 2.10. The van der Waals surface area contributed by atoms with Crippen molar-refractivity contribution in [3.63, 3.8) is 0 Å². The summed E-state index contributed by atoms with van der Waals surface area (Å²) in [5, 5.41) is 0. The first-order chi connectivity index (χ1) is 8.74. The fourth-order valence-corrected chi connectivity index (χ4v) is 1.86. The topological polar surface area (TPSA) is 48.0 Å². The zero-order chi connectivity index (χ0) is 12.5. The Morgan fingerprint density at radius 1 is 1.33 bits per heavy atom. The van der Waals surface area contributed by atoms with Crippen LogP contribution in [-0.2, 0) is 6.54 Å². The largest absolute Gasteiger partial charge is 0.420 e. The van der Waals surface area contributed by atoms with Crippen molar-refractivity contribution in [3.05, 3.63) is 64.7 Å². The first-order valence-corrected chi connectivity index (χ1v) is 5.42. The number of aromatic nitrogens is 2. The van der Waals surface area contributed by atoms with Gasteiger partial charge in [0.15, 0.2) is 5.58 Å². The monoisotopic (exact) mass is 244 g/mol. The Labute approximate surface area is 101 Å². The number of halogens is 1. The van der Waals surface area contributed by atoms with Gasteiger partial charge >= 0.3 is 5.76 Å². The van der Waals surface area contributed by atoms with Crippen molar-refractivity contribution in [2.24, 2.45) is 0 Å². The van der Waals surface area contributed by atoms with E-state index in [0.717, 1.165) is 5.56 Å². The van der Waals surface area contributed by atoms with Gasteiger partial charge in [-0.05, 0) is 23.8 Å². The lowest BCUT2D eigenvalue weighted by atomic mass is 10.2. The third-order valence-electron chi connectivity index (χ3n) is 2.69. The maximum Gasteiger partial charge on any atom is 0.420 e. The summed E-state index contributed by atoms with van der Waals surface area (Å²) in [6.45, 7) is 0.352. The first kappa shape index (κ1) is 10.7. The van der Waals surface area contributed by atoms with Crippen LogP contribution in [0.2, 0.25) is 0 Å². The number of hydrogen-bond donors (Lipinski definition) is 0. The van der Waals surface area contributed by atoms with E-state index < -0.39 is 11.6 Å². The molecule has 4 nitrogen and oxygen atoms in total. The van der Waals surface area contributed by atoms with Crippen molar-refractivity contribution in [2.75, 3.05) is 0 Å². The highest BCUT2D eigenvalue weighted by molar-refractivity contribution is 5.72. The van der Waals surface area contributed by atoms with Crippen LogP contribution in [-0.4, -0.2) is 9.55 Å². The summed E-state index contributed by atoms with van der Waals surface area (Å²) in [5.74, 6) is -0.927. The molecule has 3 rings (SSSR count). The Bertz CT molecular complexity index is 747. The van der Waals surface area contributed by atoms with Crippen LogP contribution in [0.3, 0.4) is 0 Å². The second kappa shape index (κ2) is 4.10. The van der Waals surface area contributed by atoms with Crippen molar-refractivity contribution in [2.45, 2.75) is 6.54 Å². The Balaban J connectivity index is 2.12. The number of benzene rings is 1. The number of pyridine rings is 1. The second-order valence-corrected chi connectivity index (χ2v) is 3.93. The van der Waals surface area contributed by atoms with Gasteiger partial charge in [0.2, 0.25) is 0 Å². The summed E-state index contributed by atoms with van der Waals surface area (Å²) in [4.78, 5) is 15.7. The van der Waals surface area contributed by atoms with E-state index in [-0.39, 0.29) is 5.58 Å². The lowest BCUT2D eigenvalue weighted by Crippen LogP contribution is -2.14. The van der Waals surface area contributed by atoms with E-state index in [2.05, 4.69) is 4.98 Å². The van der Waals surface area contributed by atoms with Gasteiger partial charge in [-0.15, -0.1) is 0 Å². The van der Waals surface area contributed by atoms with Crippen molar-refractivity contribution in [1.82, 2.24) is 9.55 Å². The van der Waals surface area contributed by atoms with E-state index >= 15 is 0 Å². The maximum atomic E-state index is 13.0. The normalized spacial score (nSPS) is 10.9. The maximum absolute atomic E-state index is 13.0.